The highest BCUT2D eigenvalue weighted by molar-refractivity contribution is 7.90. The van der Waals surface area contributed by atoms with E-state index in [0.717, 1.165) is 37.5 Å². The summed E-state index contributed by atoms with van der Waals surface area (Å²) in [6, 6.07) is 12.7. The van der Waals surface area contributed by atoms with Crippen molar-refractivity contribution >= 4 is 15.7 Å². The number of carbonyl (C=O) groups is 1. The van der Waals surface area contributed by atoms with Gasteiger partial charge in [0.2, 0.25) is 0 Å². The van der Waals surface area contributed by atoms with Crippen molar-refractivity contribution in [1.29, 1.82) is 0 Å². The van der Waals surface area contributed by atoms with Gasteiger partial charge in [-0.15, -0.1) is 0 Å². The number of hydrogen-bond donors (Lipinski definition) is 0. The van der Waals surface area contributed by atoms with Crippen LogP contribution in [0.5, 0.6) is 0 Å². The Bertz CT molecular complexity index is 903. The molecule has 144 valence electrons. The van der Waals surface area contributed by atoms with E-state index < -0.39 is 9.84 Å². The smallest absolute Gasteiger partial charge is 0.254 e. The highest BCUT2D eigenvalue weighted by atomic mass is 32.2. The van der Waals surface area contributed by atoms with Crippen molar-refractivity contribution in [2.75, 3.05) is 12.8 Å². The fraction of sp³-hybridized carbons (Fsp3) is 0.381. The van der Waals surface area contributed by atoms with Crippen LogP contribution in [0.4, 0.5) is 4.39 Å². The molecule has 1 amide bonds. The van der Waals surface area contributed by atoms with Crippen LogP contribution >= 0.6 is 0 Å². The third kappa shape index (κ3) is 4.95. The monoisotopic (exact) mass is 389 g/mol. The molecule has 0 aliphatic heterocycles. The average Bonchev–Trinajstić information content (AvgIpc) is 3.17. The van der Waals surface area contributed by atoms with Crippen LogP contribution in [0.25, 0.3) is 0 Å². The Balaban J connectivity index is 1.82. The van der Waals surface area contributed by atoms with Crippen molar-refractivity contribution < 1.29 is 17.6 Å². The quantitative estimate of drug-likeness (QED) is 0.754. The minimum Gasteiger partial charge on any atom is -0.335 e. The van der Waals surface area contributed by atoms with Gasteiger partial charge < -0.3 is 4.90 Å². The third-order valence-corrected chi connectivity index (χ3v) is 6.20. The number of nitrogens with zero attached hydrogens (tertiary/aromatic N) is 1. The Morgan fingerprint density at radius 2 is 1.78 bits per heavy atom. The molecular formula is C21H24FNO3S. The molecule has 2 aromatic rings. The summed E-state index contributed by atoms with van der Waals surface area (Å²) in [6.07, 6.45) is 5.87. The fourth-order valence-corrected chi connectivity index (χ4v) is 4.26. The van der Waals surface area contributed by atoms with E-state index in [4.69, 9.17) is 0 Å². The first-order valence-corrected chi connectivity index (χ1v) is 11.1. The first kappa shape index (κ1) is 19.5. The second kappa shape index (κ2) is 8.21. The highest BCUT2D eigenvalue weighted by Crippen LogP contribution is 2.26. The van der Waals surface area contributed by atoms with Gasteiger partial charge in [-0.3, -0.25) is 4.79 Å². The number of hydrogen-bond acceptors (Lipinski definition) is 3. The van der Waals surface area contributed by atoms with Gasteiger partial charge in [0.25, 0.3) is 5.91 Å². The summed E-state index contributed by atoms with van der Waals surface area (Å²) >= 11 is 0. The summed E-state index contributed by atoms with van der Waals surface area (Å²) in [5.41, 5.74) is 1.36. The molecule has 4 nitrogen and oxygen atoms in total. The summed E-state index contributed by atoms with van der Waals surface area (Å²) < 4.78 is 36.7. The van der Waals surface area contributed by atoms with Gasteiger partial charge in [-0.25, -0.2) is 12.8 Å². The minimum atomic E-state index is -3.37. The van der Waals surface area contributed by atoms with E-state index in [-0.39, 0.29) is 22.7 Å². The molecule has 1 aliphatic rings. The molecule has 0 atom stereocenters. The van der Waals surface area contributed by atoms with Gasteiger partial charge >= 0.3 is 0 Å². The van der Waals surface area contributed by atoms with Gasteiger partial charge in [-0.1, -0.05) is 31.0 Å². The molecule has 0 unspecified atom stereocenters. The molecule has 3 rings (SSSR count). The minimum absolute atomic E-state index is 0.144. The van der Waals surface area contributed by atoms with Crippen LogP contribution in [0.15, 0.2) is 53.4 Å². The van der Waals surface area contributed by atoms with Crippen LogP contribution in [0.3, 0.4) is 0 Å². The summed E-state index contributed by atoms with van der Waals surface area (Å²) in [4.78, 5) is 15.2. The number of carbonyl (C=O) groups excluding carboxylic acids is 1. The zero-order chi connectivity index (χ0) is 19.4. The molecule has 1 saturated carbocycles. The predicted octanol–water partition coefficient (Wildman–Crippen LogP) is 3.86. The fourth-order valence-electron chi connectivity index (χ4n) is 3.59. The Labute approximate surface area is 159 Å². The van der Waals surface area contributed by atoms with E-state index in [2.05, 4.69) is 0 Å². The average molecular weight is 389 g/mol. The van der Waals surface area contributed by atoms with Crippen molar-refractivity contribution in [1.82, 2.24) is 4.90 Å². The lowest BCUT2D eigenvalue weighted by Crippen LogP contribution is -2.40. The molecule has 0 saturated heterocycles. The summed E-state index contributed by atoms with van der Waals surface area (Å²) in [7, 11) is -3.37. The maximum Gasteiger partial charge on any atom is 0.254 e. The standard InChI is InChI=1S/C21H24FNO3S/c1-27(25,26)20-8-4-5-17(15-20)21(24)23(19-6-2-3-7-19)14-13-16-9-11-18(22)12-10-16/h4-5,8-12,15,19H,2-3,6-7,13-14H2,1H3. The molecule has 0 bridgehead atoms. The van der Waals surface area contributed by atoms with Gasteiger partial charge in [0.1, 0.15) is 5.82 Å². The van der Waals surface area contributed by atoms with Gasteiger partial charge in [0, 0.05) is 24.4 Å². The molecule has 0 aromatic heterocycles. The van der Waals surface area contributed by atoms with E-state index in [1.54, 1.807) is 24.3 Å². The molecule has 0 heterocycles. The van der Waals surface area contributed by atoms with Crippen LogP contribution < -0.4 is 0 Å². The van der Waals surface area contributed by atoms with E-state index in [0.29, 0.717) is 18.5 Å². The van der Waals surface area contributed by atoms with Gasteiger partial charge in [-0.05, 0) is 55.2 Å². The zero-order valence-corrected chi connectivity index (χ0v) is 16.2. The number of benzene rings is 2. The van der Waals surface area contributed by atoms with E-state index in [9.17, 15) is 17.6 Å². The normalized spacial score (nSPS) is 15.0. The SMILES string of the molecule is CS(=O)(=O)c1cccc(C(=O)N(CCc2ccc(F)cc2)C2CCCC2)c1. The molecule has 27 heavy (non-hydrogen) atoms. The molecule has 0 spiro atoms. The molecule has 0 N–H and O–H groups in total. The summed E-state index contributed by atoms with van der Waals surface area (Å²) in [5.74, 6) is -0.422. The molecule has 1 fully saturated rings. The lowest BCUT2D eigenvalue weighted by Gasteiger charge is -2.29. The Hall–Kier alpha value is -2.21. The first-order valence-electron chi connectivity index (χ1n) is 9.20. The topological polar surface area (TPSA) is 54.5 Å². The Morgan fingerprint density at radius 3 is 2.41 bits per heavy atom. The van der Waals surface area contributed by atoms with Gasteiger partial charge in [0.15, 0.2) is 9.84 Å². The molecule has 1 aliphatic carbocycles. The van der Waals surface area contributed by atoms with E-state index >= 15 is 0 Å². The summed E-state index contributed by atoms with van der Waals surface area (Å²) in [5, 5.41) is 0. The van der Waals surface area contributed by atoms with Gasteiger partial charge in [-0.2, -0.15) is 0 Å². The van der Waals surface area contributed by atoms with Crippen molar-refractivity contribution in [3.63, 3.8) is 0 Å². The molecule has 0 radical (unpaired) electrons. The number of halogens is 1. The highest BCUT2D eigenvalue weighted by Gasteiger charge is 2.27. The third-order valence-electron chi connectivity index (χ3n) is 5.09. The van der Waals surface area contributed by atoms with E-state index in [1.165, 1.54) is 24.3 Å². The lowest BCUT2D eigenvalue weighted by molar-refractivity contribution is 0.0683. The number of amides is 1. The predicted molar refractivity (Wildman–Crippen MR) is 103 cm³/mol. The molecular weight excluding hydrogens is 365 g/mol. The second-order valence-corrected chi connectivity index (χ2v) is 9.13. The van der Waals surface area contributed by atoms with Crippen molar-refractivity contribution in [3.8, 4) is 0 Å². The molecule has 6 heteroatoms. The Kier molecular flexibility index (Phi) is 5.95. The molecule has 2 aromatic carbocycles. The summed E-state index contributed by atoms with van der Waals surface area (Å²) in [6.45, 7) is 0.526. The number of rotatable bonds is 6. The first-order chi connectivity index (χ1) is 12.8. The van der Waals surface area contributed by atoms with Gasteiger partial charge in [0.05, 0.1) is 4.90 Å². The lowest BCUT2D eigenvalue weighted by atomic mass is 10.1. The van der Waals surface area contributed by atoms with Crippen LogP contribution in [-0.2, 0) is 16.3 Å². The largest absolute Gasteiger partial charge is 0.335 e. The van der Waals surface area contributed by atoms with Crippen LogP contribution in [0, 0.1) is 5.82 Å². The van der Waals surface area contributed by atoms with Crippen molar-refractivity contribution in [2.45, 2.75) is 43.0 Å². The van der Waals surface area contributed by atoms with Crippen molar-refractivity contribution in [3.05, 3.63) is 65.5 Å². The van der Waals surface area contributed by atoms with Crippen LogP contribution in [-0.4, -0.2) is 38.1 Å². The van der Waals surface area contributed by atoms with Crippen LogP contribution in [0.1, 0.15) is 41.6 Å². The van der Waals surface area contributed by atoms with Crippen LogP contribution in [0.2, 0.25) is 0 Å². The number of sulfone groups is 1. The maximum atomic E-state index is 13.2. The second-order valence-electron chi connectivity index (χ2n) is 7.11. The zero-order valence-electron chi connectivity index (χ0n) is 15.4. The van der Waals surface area contributed by atoms with Crippen molar-refractivity contribution in [2.24, 2.45) is 0 Å². The van der Waals surface area contributed by atoms with E-state index in [1.807, 2.05) is 4.90 Å². The Morgan fingerprint density at radius 1 is 1.11 bits per heavy atom. The maximum absolute atomic E-state index is 13.2.